The first-order chi connectivity index (χ1) is 13.6. The number of aromatic nitrogens is 2. The maximum atomic E-state index is 13.5. The number of nitrogens with zero attached hydrogens (tertiary/aromatic N) is 2. The van der Waals surface area contributed by atoms with Crippen LogP contribution in [0, 0.1) is 0 Å². The fourth-order valence-corrected chi connectivity index (χ4v) is 5.82. The van der Waals surface area contributed by atoms with Crippen LogP contribution in [0.1, 0.15) is 35.8 Å². The summed E-state index contributed by atoms with van der Waals surface area (Å²) in [6.45, 7) is 2.21. The van der Waals surface area contributed by atoms with Crippen LogP contribution in [0.3, 0.4) is 0 Å². The number of carbonyl (C=O) groups is 1. The highest BCUT2D eigenvalue weighted by Gasteiger charge is 2.24. The van der Waals surface area contributed by atoms with Gasteiger partial charge in [0, 0.05) is 4.88 Å². The summed E-state index contributed by atoms with van der Waals surface area (Å²) in [5.74, 6) is -0.323. The van der Waals surface area contributed by atoms with Crippen LogP contribution in [0.15, 0.2) is 40.3 Å². The molecular weight excluding hydrogens is 392 g/mol. The fourth-order valence-electron chi connectivity index (χ4n) is 3.59. The molecule has 0 fully saturated rings. The van der Waals surface area contributed by atoms with Crippen LogP contribution in [-0.2, 0) is 28.9 Å². The summed E-state index contributed by atoms with van der Waals surface area (Å²) in [4.78, 5) is 32.4. The minimum atomic E-state index is -0.439. The zero-order valence-electron chi connectivity index (χ0n) is 15.9. The number of benzene rings is 1. The van der Waals surface area contributed by atoms with Gasteiger partial charge in [-0.1, -0.05) is 42.1 Å². The third-order valence-electron chi connectivity index (χ3n) is 5.04. The molecule has 146 valence electrons. The zero-order chi connectivity index (χ0) is 19.7. The van der Waals surface area contributed by atoms with E-state index in [0.29, 0.717) is 11.7 Å². The molecular formula is C21H22N2O3S2. The van der Waals surface area contributed by atoms with Crippen molar-refractivity contribution in [2.24, 2.45) is 0 Å². The normalized spacial score (nSPS) is 14.6. The van der Waals surface area contributed by atoms with Crippen molar-refractivity contribution in [2.75, 3.05) is 7.11 Å². The van der Waals surface area contributed by atoms with Gasteiger partial charge in [-0.3, -0.25) is 14.2 Å². The molecule has 4 rings (SSSR count). The smallest absolute Gasteiger partial charge is 0.318 e. The SMILES string of the molecule is COC(=O)C(C)Sc1nc2sc3c(c2c(=O)n1Cc1ccccc1)CCCC3. The van der Waals surface area contributed by atoms with E-state index in [1.807, 2.05) is 30.3 Å². The van der Waals surface area contributed by atoms with E-state index >= 15 is 0 Å². The molecule has 5 nitrogen and oxygen atoms in total. The standard InChI is InChI=1S/C21H22N2O3S2/c1-13(20(25)26-2)27-21-22-18-17(15-10-6-7-11-16(15)28-18)19(24)23(21)12-14-8-4-3-5-9-14/h3-5,8-9,13H,6-7,10-12H2,1-2H3. The number of esters is 1. The molecule has 28 heavy (non-hydrogen) atoms. The van der Waals surface area contributed by atoms with E-state index in [0.717, 1.165) is 35.0 Å². The number of rotatable bonds is 5. The molecule has 1 atom stereocenters. The number of hydrogen-bond acceptors (Lipinski definition) is 6. The van der Waals surface area contributed by atoms with Gasteiger partial charge in [-0.25, -0.2) is 4.98 Å². The summed E-state index contributed by atoms with van der Waals surface area (Å²) >= 11 is 2.91. The van der Waals surface area contributed by atoms with Gasteiger partial charge in [0.25, 0.3) is 5.56 Å². The highest BCUT2D eigenvalue weighted by molar-refractivity contribution is 8.00. The van der Waals surface area contributed by atoms with Crippen molar-refractivity contribution >= 4 is 39.3 Å². The Balaban J connectivity index is 1.86. The second kappa shape index (κ2) is 8.09. The number of ether oxygens (including phenoxy) is 1. The van der Waals surface area contributed by atoms with Gasteiger partial charge in [-0.05, 0) is 43.7 Å². The predicted octanol–water partition coefficient (Wildman–Crippen LogP) is 4.04. The molecule has 1 aliphatic rings. The maximum Gasteiger partial charge on any atom is 0.318 e. The molecule has 0 aliphatic heterocycles. The van der Waals surface area contributed by atoms with Gasteiger partial charge >= 0.3 is 5.97 Å². The minimum Gasteiger partial charge on any atom is -0.468 e. The van der Waals surface area contributed by atoms with Crippen LogP contribution in [0.2, 0.25) is 0 Å². The van der Waals surface area contributed by atoms with Crippen LogP contribution < -0.4 is 5.56 Å². The Hall–Kier alpha value is -2.12. The van der Waals surface area contributed by atoms with Crippen molar-refractivity contribution in [1.82, 2.24) is 9.55 Å². The third-order valence-corrected chi connectivity index (χ3v) is 7.29. The van der Waals surface area contributed by atoms with Crippen LogP contribution in [0.5, 0.6) is 0 Å². The number of fused-ring (bicyclic) bond motifs is 3. The molecule has 1 aromatic carbocycles. The molecule has 0 saturated carbocycles. The highest BCUT2D eigenvalue weighted by atomic mass is 32.2. The van der Waals surface area contributed by atoms with E-state index in [4.69, 9.17) is 9.72 Å². The molecule has 0 saturated heterocycles. The van der Waals surface area contributed by atoms with Crippen molar-refractivity contribution in [3.05, 3.63) is 56.7 Å². The number of carbonyl (C=O) groups excluding carboxylic acids is 1. The van der Waals surface area contributed by atoms with Gasteiger partial charge in [-0.2, -0.15) is 0 Å². The topological polar surface area (TPSA) is 61.2 Å². The van der Waals surface area contributed by atoms with Crippen LogP contribution in [-0.4, -0.2) is 27.9 Å². The van der Waals surface area contributed by atoms with Crippen molar-refractivity contribution < 1.29 is 9.53 Å². The van der Waals surface area contributed by atoms with E-state index < -0.39 is 5.25 Å². The molecule has 3 aromatic rings. The third kappa shape index (κ3) is 3.61. The highest BCUT2D eigenvalue weighted by Crippen LogP contribution is 2.35. The Morgan fingerprint density at radius 2 is 2.04 bits per heavy atom. The average Bonchev–Trinajstić information content (AvgIpc) is 3.09. The first-order valence-electron chi connectivity index (χ1n) is 9.42. The van der Waals surface area contributed by atoms with E-state index in [1.54, 1.807) is 22.8 Å². The maximum absolute atomic E-state index is 13.5. The van der Waals surface area contributed by atoms with Crippen molar-refractivity contribution in [2.45, 2.75) is 49.6 Å². The number of methoxy groups -OCH3 is 1. The fraction of sp³-hybridized carbons (Fsp3) is 0.381. The van der Waals surface area contributed by atoms with Crippen LogP contribution in [0.25, 0.3) is 10.2 Å². The van der Waals surface area contributed by atoms with E-state index in [1.165, 1.54) is 35.7 Å². The summed E-state index contributed by atoms with van der Waals surface area (Å²) in [5.41, 5.74) is 2.21. The number of aryl methyl sites for hydroxylation is 2. The Morgan fingerprint density at radius 3 is 2.79 bits per heavy atom. The van der Waals surface area contributed by atoms with Gasteiger partial charge in [0.15, 0.2) is 5.16 Å². The molecule has 0 amide bonds. The lowest BCUT2D eigenvalue weighted by atomic mass is 9.97. The van der Waals surface area contributed by atoms with Gasteiger partial charge in [0.1, 0.15) is 10.1 Å². The van der Waals surface area contributed by atoms with E-state index in [9.17, 15) is 9.59 Å². The van der Waals surface area contributed by atoms with Crippen molar-refractivity contribution in [3.63, 3.8) is 0 Å². The lowest BCUT2D eigenvalue weighted by Crippen LogP contribution is -2.26. The monoisotopic (exact) mass is 414 g/mol. The molecule has 0 spiro atoms. The van der Waals surface area contributed by atoms with Crippen LogP contribution in [0.4, 0.5) is 0 Å². The summed E-state index contributed by atoms with van der Waals surface area (Å²) in [7, 11) is 1.38. The molecule has 0 bridgehead atoms. The number of thiophene rings is 1. The molecule has 2 heterocycles. The Kier molecular flexibility index (Phi) is 5.55. The predicted molar refractivity (Wildman–Crippen MR) is 113 cm³/mol. The van der Waals surface area contributed by atoms with E-state index in [2.05, 4.69) is 0 Å². The summed E-state index contributed by atoms with van der Waals surface area (Å²) in [5, 5.41) is 0.898. The number of thioether (sulfide) groups is 1. The number of hydrogen-bond donors (Lipinski definition) is 0. The molecule has 0 N–H and O–H groups in total. The average molecular weight is 415 g/mol. The second-order valence-corrected chi connectivity index (χ2v) is 9.34. The first kappa shape index (κ1) is 19.2. The molecule has 2 aromatic heterocycles. The quantitative estimate of drug-likeness (QED) is 0.358. The molecule has 0 radical (unpaired) electrons. The molecule has 1 aliphatic carbocycles. The first-order valence-corrected chi connectivity index (χ1v) is 11.1. The molecule has 1 unspecified atom stereocenters. The van der Waals surface area contributed by atoms with Gasteiger partial charge in [0.05, 0.1) is 19.0 Å². The zero-order valence-corrected chi connectivity index (χ0v) is 17.6. The van der Waals surface area contributed by atoms with Crippen LogP contribution >= 0.6 is 23.1 Å². The Morgan fingerprint density at radius 1 is 1.29 bits per heavy atom. The van der Waals surface area contributed by atoms with E-state index in [-0.39, 0.29) is 11.5 Å². The summed E-state index contributed by atoms with van der Waals surface area (Å²) in [6, 6.07) is 9.87. The Bertz CT molecular complexity index is 1070. The van der Waals surface area contributed by atoms with Crippen molar-refractivity contribution in [1.29, 1.82) is 0 Å². The van der Waals surface area contributed by atoms with Gasteiger partial charge in [0.2, 0.25) is 0 Å². The van der Waals surface area contributed by atoms with Gasteiger partial charge < -0.3 is 4.74 Å². The van der Waals surface area contributed by atoms with Crippen molar-refractivity contribution in [3.8, 4) is 0 Å². The Labute approximate surface area is 171 Å². The lowest BCUT2D eigenvalue weighted by Gasteiger charge is -2.15. The van der Waals surface area contributed by atoms with Gasteiger partial charge in [-0.15, -0.1) is 11.3 Å². The minimum absolute atomic E-state index is 0.00665. The largest absolute Gasteiger partial charge is 0.468 e. The second-order valence-electron chi connectivity index (χ2n) is 6.95. The molecule has 7 heteroatoms. The summed E-state index contributed by atoms with van der Waals surface area (Å²) in [6.07, 6.45) is 4.25. The lowest BCUT2D eigenvalue weighted by molar-refractivity contribution is -0.139. The summed E-state index contributed by atoms with van der Waals surface area (Å²) < 4.78 is 6.57.